The van der Waals surface area contributed by atoms with Gasteiger partial charge in [0.2, 0.25) is 0 Å². The molecule has 0 spiro atoms. The summed E-state index contributed by atoms with van der Waals surface area (Å²) in [4.78, 5) is 19.9. The van der Waals surface area contributed by atoms with Gasteiger partial charge in [0.1, 0.15) is 0 Å². The Hall–Kier alpha value is -1.91. The van der Waals surface area contributed by atoms with Crippen molar-refractivity contribution in [2.75, 3.05) is 7.05 Å². The van der Waals surface area contributed by atoms with Gasteiger partial charge in [-0.05, 0) is 58.4 Å². The van der Waals surface area contributed by atoms with Crippen molar-refractivity contribution in [3.05, 3.63) is 23.5 Å². The van der Waals surface area contributed by atoms with Crippen LogP contribution in [0.5, 0.6) is 0 Å². The summed E-state index contributed by atoms with van der Waals surface area (Å²) in [5.41, 5.74) is 2.68. The molecular formula is C19H26N4O. The fourth-order valence-electron chi connectivity index (χ4n) is 3.45. The third-order valence-electron chi connectivity index (χ3n) is 5.54. The second-order valence-corrected chi connectivity index (χ2v) is 7.78. The van der Waals surface area contributed by atoms with Gasteiger partial charge in [-0.25, -0.2) is 9.67 Å². The fourth-order valence-corrected chi connectivity index (χ4v) is 3.45. The normalized spacial score (nSPS) is 19.0. The maximum atomic E-state index is 13.2. The summed E-state index contributed by atoms with van der Waals surface area (Å²) < 4.78 is 1.93. The van der Waals surface area contributed by atoms with Gasteiger partial charge < -0.3 is 4.90 Å². The number of hydrogen-bond acceptors (Lipinski definition) is 3. The van der Waals surface area contributed by atoms with Crippen molar-refractivity contribution in [3.63, 3.8) is 0 Å². The van der Waals surface area contributed by atoms with Crippen molar-refractivity contribution in [2.24, 2.45) is 5.92 Å². The molecule has 0 aromatic carbocycles. The van der Waals surface area contributed by atoms with Gasteiger partial charge in [-0.15, -0.1) is 0 Å². The van der Waals surface area contributed by atoms with Gasteiger partial charge in [-0.1, -0.05) is 0 Å². The first kappa shape index (κ1) is 15.6. The van der Waals surface area contributed by atoms with Crippen molar-refractivity contribution in [2.45, 2.75) is 64.5 Å². The van der Waals surface area contributed by atoms with Gasteiger partial charge in [-0.2, -0.15) is 5.10 Å². The zero-order valence-electron chi connectivity index (χ0n) is 15.0. The van der Waals surface area contributed by atoms with Crippen molar-refractivity contribution in [3.8, 4) is 0 Å². The zero-order valence-corrected chi connectivity index (χ0v) is 15.0. The van der Waals surface area contributed by atoms with E-state index in [2.05, 4.69) is 25.9 Å². The Morgan fingerprint density at radius 2 is 1.96 bits per heavy atom. The molecule has 1 amide bonds. The molecule has 2 aromatic rings. The molecule has 1 unspecified atom stereocenters. The highest BCUT2D eigenvalue weighted by molar-refractivity contribution is 6.05. The number of fused-ring (bicyclic) bond motifs is 1. The topological polar surface area (TPSA) is 51.0 Å². The molecular weight excluding hydrogens is 300 g/mol. The van der Waals surface area contributed by atoms with Gasteiger partial charge in [0.25, 0.3) is 5.91 Å². The number of amides is 1. The minimum absolute atomic E-state index is 0.104. The third kappa shape index (κ3) is 2.60. The molecule has 0 radical (unpaired) electrons. The average Bonchev–Trinajstić information content (AvgIpc) is 3.47. The van der Waals surface area contributed by atoms with Gasteiger partial charge >= 0.3 is 0 Å². The SMILES string of the molecule is CC(C1CC1)N(C)C(=O)c1cc(C2CC2)nc2c1cnn2C(C)C. The molecule has 2 aliphatic rings. The van der Waals surface area contributed by atoms with Crippen molar-refractivity contribution in [1.82, 2.24) is 19.7 Å². The van der Waals surface area contributed by atoms with Crippen LogP contribution in [0, 0.1) is 5.92 Å². The van der Waals surface area contributed by atoms with Gasteiger partial charge in [0.05, 0.1) is 17.1 Å². The summed E-state index contributed by atoms with van der Waals surface area (Å²) in [6, 6.07) is 2.55. The van der Waals surface area contributed by atoms with E-state index in [-0.39, 0.29) is 11.9 Å². The van der Waals surface area contributed by atoms with Crippen LogP contribution in [0.25, 0.3) is 11.0 Å². The molecule has 0 aliphatic heterocycles. The Balaban J connectivity index is 1.79. The monoisotopic (exact) mass is 326 g/mol. The van der Waals surface area contributed by atoms with Crippen LogP contribution in [0.1, 0.15) is 74.5 Å². The lowest BCUT2D eigenvalue weighted by molar-refractivity contribution is 0.0729. The number of aromatic nitrogens is 3. The highest BCUT2D eigenvalue weighted by Gasteiger charge is 2.34. The van der Waals surface area contributed by atoms with Gasteiger partial charge in [-0.3, -0.25) is 4.79 Å². The lowest BCUT2D eigenvalue weighted by atomic mass is 10.1. The largest absolute Gasteiger partial charge is 0.339 e. The van der Waals surface area contributed by atoms with E-state index in [1.807, 2.05) is 28.9 Å². The summed E-state index contributed by atoms with van der Waals surface area (Å²) >= 11 is 0. The van der Waals surface area contributed by atoms with E-state index in [4.69, 9.17) is 4.98 Å². The predicted molar refractivity (Wildman–Crippen MR) is 94.2 cm³/mol. The Morgan fingerprint density at radius 1 is 1.25 bits per heavy atom. The predicted octanol–water partition coefficient (Wildman–Crippen LogP) is 3.76. The fraction of sp³-hybridized carbons (Fsp3) is 0.632. The van der Waals surface area contributed by atoms with E-state index in [1.165, 1.54) is 25.7 Å². The van der Waals surface area contributed by atoms with Crippen LogP contribution in [0.3, 0.4) is 0 Å². The number of carbonyl (C=O) groups is 1. The maximum absolute atomic E-state index is 13.2. The van der Waals surface area contributed by atoms with Crippen molar-refractivity contribution in [1.29, 1.82) is 0 Å². The van der Waals surface area contributed by atoms with Crippen LogP contribution in [0.4, 0.5) is 0 Å². The number of nitrogens with zero attached hydrogens (tertiary/aromatic N) is 4. The molecule has 128 valence electrons. The Kier molecular flexibility index (Phi) is 3.62. The van der Waals surface area contributed by atoms with Crippen molar-refractivity contribution >= 4 is 16.9 Å². The molecule has 2 heterocycles. The van der Waals surface area contributed by atoms with Crippen LogP contribution in [0.2, 0.25) is 0 Å². The van der Waals surface area contributed by atoms with E-state index in [9.17, 15) is 4.79 Å². The summed E-state index contributed by atoms with van der Waals surface area (Å²) in [6.45, 7) is 6.36. The molecule has 1 atom stereocenters. The number of pyridine rings is 1. The lowest BCUT2D eigenvalue weighted by Gasteiger charge is -2.25. The smallest absolute Gasteiger partial charge is 0.254 e. The minimum atomic E-state index is 0.104. The van der Waals surface area contributed by atoms with Crippen LogP contribution >= 0.6 is 0 Å². The summed E-state index contributed by atoms with van der Waals surface area (Å²) in [5, 5.41) is 5.38. The van der Waals surface area contributed by atoms with Gasteiger partial charge in [0.15, 0.2) is 5.65 Å². The average molecular weight is 326 g/mol. The van der Waals surface area contributed by atoms with Crippen molar-refractivity contribution < 1.29 is 4.79 Å². The van der Waals surface area contributed by atoms with E-state index >= 15 is 0 Å². The van der Waals surface area contributed by atoms with E-state index in [0.29, 0.717) is 17.9 Å². The zero-order chi connectivity index (χ0) is 17.0. The number of hydrogen-bond donors (Lipinski definition) is 0. The standard InChI is InChI=1S/C19H26N4O/c1-11(2)23-18-16(10-20-23)15(9-17(21-18)14-7-8-14)19(24)22(4)12(3)13-5-6-13/h9-14H,5-8H2,1-4H3. The Bertz CT molecular complexity index is 786. The van der Waals surface area contributed by atoms with E-state index in [0.717, 1.165) is 22.3 Å². The molecule has 5 heteroatoms. The summed E-state index contributed by atoms with van der Waals surface area (Å²) in [7, 11) is 1.93. The first-order chi connectivity index (χ1) is 11.5. The molecule has 4 rings (SSSR count). The minimum Gasteiger partial charge on any atom is -0.339 e. The molecule has 5 nitrogen and oxygen atoms in total. The third-order valence-corrected chi connectivity index (χ3v) is 5.54. The van der Waals surface area contributed by atoms with E-state index < -0.39 is 0 Å². The molecule has 0 N–H and O–H groups in total. The number of carbonyl (C=O) groups excluding carboxylic acids is 1. The van der Waals surface area contributed by atoms with Crippen LogP contribution in [0.15, 0.2) is 12.3 Å². The highest BCUT2D eigenvalue weighted by atomic mass is 16.2. The van der Waals surface area contributed by atoms with Crippen LogP contribution < -0.4 is 0 Å². The molecule has 0 saturated heterocycles. The molecule has 2 saturated carbocycles. The van der Waals surface area contributed by atoms with E-state index in [1.54, 1.807) is 0 Å². The molecule has 2 aromatic heterocycles. The molecule has 2 fully saturated rings. The summed E-state index contributed by atoms with van der Waals surface area (Å²) in [6.07, 6.45) is 6.64. The van der Waals surface area contributed by atoms with Gasteiger partial charge in [0, 0.05) is 30.7 Å². The molecule has 0 bridgehead atoms. The maximum Gasteiger partial charge on any atom is 0.254 e. The summed E-state index contributed by atoms with van der Waals surface area (Å²) in [5.74, 6) is 1.28. The Morgan fingerprint density at radius 3 is 2.54 bits per heavy atom. The quantitative estimate of drug-likeness (QED) is 0.840. The van der Waals surface area contributed by atoms with Crippen LogP contribution in [-0.4, -0.2) is 38.7 Å². The number of rotatable bonds is 5. The molecule has 24 heavy (non-hydrogen) atoms. The second-order valence-electron chi connectivity index (χ2n) is 7.78. The Labute approximate surface area is 143 Å². The highest BCUT2D eigenvalue weighted by Crippen LogP contribution is 2.41. The first-order valence-electron chi connectivity index (χ1n) is 9.12. The first-order valence-corrected chi connectivity index (χ1v) is 9.12. The second kappa shape index (κ2) is 5.57. The molecule has 2 aliphatic carbocycles. The van der Waals surface area contributed by atoms with Crippen LogP contribution in [-0.2, 0) is 0 Å². The lowest BCUT2D eigenvalue weighted by Crippen LogP contribution is -2.36.